The first-order valence-electron chi connectivity index (χ1n) is 8.50. The number of nitrogen functional groups attached to an aromatic ring is 2. The third kappa shape index (κ3) is 4.82. The molecule has 0 aromatic heterocycles. The van der Waals surface area contributed by atoms with Crippen LogP contribution in [-0.4, -0.2) is 19.2 Å². The van der Waals surface area contributed by atoms with E-state index < -0.39 is 0 Å². The minimum absolute atomic E-state index is 0.615. The molecule has 0 bridgehead atoms. The van der Waals surface area contributed by atoms with E-state index in [2.05, 4.69) is 17.4 Å². The van der Waals surface area contributed by atoms with Gasteiger partial charge in [0.1, 0.15) is 5.75 Å². The van der Waals surface area contributed by atoms with Crippen molar-refractivity contribution in [1.82, 2.24) is 5.32 Å². The fourth-order valence-corrected chi connectivity index (χ4v) is 3.71. The lowest BCUT2D eigenvalue weighted by Crippen LogP contribution is -2.35. The summed E-state index contributed by atoms with van der Waals surface area (Å²) in [6, 6.07) is 14.5. The number of rotatable bonds is 6. The topological polar surface area (TPSA) is 73.3 Å². The standard InChI is InChI=1S/C19H25N3OS/c20-18-9-8-17(13-19(18)21)24-16-6-4-15(5-7-16)23-12-10-14-3-1-2-11-22-14/h4-9,13-14,22H,1-3,10-12,20-21H2. The molecule has 5 heteroatoms. The quantitative estimate of drug-likeness (QED) is 0.694. The van der Waals surface area contributed by atoms with Crippen LogP contribution in [0, 0.1) is 0 Å². The Balaban J connectivity index is 1.48. The summed E-state index contributed by atoms with van der Waals surface area (Å²) in [7, 11) is 0. The second-order valence-electron chi connectivity index (χ2n) is 6.15. The maximum atomic E-state index is 5.86. The van der Waals surface area contributed by atoms with Crippen molar-refractivity contribution in [2.45, 2.75) is 41.5 Å². The molecule has 1 saturated heterocycles. The van der Waals surface area contributed by atoms with Gasteiger partial charge in [-0.05, 0) is 68.3 Å². The molecule has 0 radical (unpaired) electrons. The van der Waals surface area contributed by atoms with Gasteiger partial charge < -0.3 is 21.5 Å². The smallest absolute Gasteiger partial charge is 0.119 e. The van der Waals surface area contributed by atoms with Gasteiger partial charge in [-0.25, -0.2) is 0 Å². The summed E-state index contributed by atoms with van der Waals surface area (Å²) in [5.41, 5.74) is 12.8. The first-order valence-corrected chi connectivity index (χ1v) is 9.31. The fourth-order valence-electron chi connectivity index (χ4n) is 2.85. The molecule has 2 aromatic carbocycles. The van der Waals surface area contributed by atoms with Gasteiger partial charge in [0.15, 0.2) is 0 Å². The highest BCUT2D eigenvalue weighted by Crippen LogP contribution is 2.31. The van der Waals surface area contributed by atoms with E-state index in [9.17, 15) is 0 Å². The second-order valence-corrected chi connectivity index (χ2v) is 7.30. The number of nitrogens with one attached hydrogen (secondary N) is 1. The average Bonchev–Trinajstić information content (AvgIpc) is 2.61. The molecular formula is C19H25N3OS. The molecule has 1 atom stereocenters. The maximum absolute atomic E-state index is 5.86. The van der Waals surface area contributed by atoms with E-state index in [-0.39, 0.29) is 0 Å². The fraction of sp³-hybridized carbons (Fsp3) is 0.368. The average molecular weight is 343 g/mol. The zero-order valence-corrected chi connectivity index (χ0v) is 14.6. The third-order valence-corrected chi connectivity index (χ3v) is 5.26. The van der Waals surface area contributed by atoms with Gasteiger partial charge in [0.05, 0.1) is 18.0 Å². The van der Waals surface area contributed by atoms with Crippen LogP contribution in [-0.2, 0) is 0 Å². The first kappa shape index (κ1) is 17.0. The van der Waals surface area contributed by atoms with Gasteiger partial charge in [-0.1, -0.05) is 18.2 Å². The Morgan fingerprint density at radius 1 is 1.00 bits per heavy atom. The highest BCUT2D eigenvalue weighted by atomic mass is 32.2. The lowest BCUT2D eigenvalue weighted by molar-refractivity contribution is 0.268. The zero-order valence-electron chi connectivity index (χ0n) is 13.8. The van der Waals surface area contributed by atoms with Gasteiger partial charge in [-0.2, -0.15) is 0 Å². The van der Waals surface area contributed by atoms with Crippen LogP contribution in [0.2, 0.25) is 0 Å². The Morgan fingerprint density at radius 3 is 2.50 bits per heavy atom. The summed E-state index contributed by atoms with van der Waals surface area (Å²) in [6.07, 6.45) is 4.97. The molecule has 0 saturated carbocycles. The van der Waals surface area contributed by atoms with Crippen molar-refractivity contribution in [1.29, 1.82) is 0 Å². The lowest BCUT2D eigenvalue weighted by Gasteiger charge is -2.23. The van der Waals surface area contributed by atoms with E-state index in [1.165, 1.54) is 19.3 Å². The minimum atomic E-state index is 0.615. The van der Waals surface area contributed by atoms with Crippen LogP contribution in [0.1, 0.15) is 25.7 Å². The normalized spacial score (nSPS) is 17.6. The Hall–Kier alpha value is -1.85. The molecule has 2 aromatic rings. The van der Waals surface area contributed by atoms with Crippen LogP contribution in [0.4, 0.5) is 11.4 Å². The van der Waals surface area contributed by atoms with E-state index in [4.69, 9.17) is 16.2 Å². The molecule has 1 aliphatic heterocycles. The Kier molecular flexibility index (Phi) is 5.88. The van der Waals surface area contributed by atoms with Crippen LogP contribution in [0.25, 0.3) is 0 Å². The van der Waals surface area contributed by atoms with E-state index in [1.807, 2.05) is 30.3 Å². The Morgan fingerprint density at radius 2 is 1.79 bits per heavy atom. The van der Waals surface area contributed by atoms with E-state index in [1.54, 1.807) is 11.8 Å². The highest BCUT2D eigenvalue weighted by molar-refractivity contribution is 7.99. The molecule has 1 heterocycles. The van der Waals surface area contributed by atoms with Crippen molar-refractivity contribution in [2.24, 2.45) is 0 Å². The van der Waals surface area contributed by atoms with Crippen molar-refractivity contribution in [3.63, 3.8) is 0 Å². The first-order chi connectivity index (χ1) is 11.7. The summed E-state index contributed by atoms with van der Waals surface area (Å²) in [5.74, 6) is 0.923. The predicted molar refractivity (Wildman–Crippen MR) is 102 cm³/mol. The van der Waals surface area contributed by atoms with Crippen LogP contribution in [0.3, 0.4) is 0 Å². The molecule has 4 nitrogen and oxygen atoms in total. The maximum Gasteiger partial charge on any atom is 0.119 e. The summed E-state index contributed by atoms with van der Waals surface area (Å²) in [4.78, 5) is 2.24. The van der Waals surface area contributed by atoms with Crippen LogP contribution < -0.4 is 21.5 Å². The molecule has 24 heavy (non-hydrogen) atoms. The van der Waals surface area contributed by atoms with Crippen LogP contribution in [0.15, 0.2) is 52.3 Å². The Bertz CT molecular complexity index is 654. The van der Waals surface area contributed by atoms with Gasteiger partial charge in [-0.3, -0.25) is 0 Å². The van der Waals surface area contributed by atoms with Crippen LogP contribution in [0.5, 0.6) is 5.75 Å². The number of nitrogens with two attached hydrogens (primary N) is 2. The number of ether oxygens (including phenoxy) is 1. The second kappa shape index (κ2) is 8.31. The monoisotopic (exact) mass is 343 g/mol. The molecule has 1 fully saturated rings. The van der Waals surface area contributed by atoms with E-state index >= 15 is 0 Å². The molecule has 0 amide bonds. The highest BCUT2D eigenvalue weighted by Gasteiger charge is 2.12. The molecule has 3 rings (SSSR count). The molecule has 5 N–H and O–H groups in total. The lowest BCUT2D eigenvalue weighted by atomic mass is 10.0. The predicted octanol–water partition coefficient (Wildman–Crippen LogP) is 3.91. The van der Waals surface area contributed by atoms with Gasteiger partial charge in [0.2, 0.25) is 0 Å². The number of hydrogen-bond donors (Lipinski definition) is 3. The molecule has 0 spiro atoms. The molecule has 128 valence electrons. The Labute approximate surface area is 148 Å². The number of benzene rings is 2. The van der Waals surface area contributed by atoms with Crippen molar-refractivity contribution < 1.29 is 4.74 Å². The largest absolute Gasteiger partial charge is 0.494 e. The third-order valence-electron chi connectivity index (χ3n) is 4.27. The number of anilines is 2. The van der Waals surface area contributed by atoms with Gasteiger partial charge in [0.25, 0.3) is 0 Å². The van der Waals surface area contributed by atoms with Crippen molar-refractivity contribution in [3.8, 4) is 5.75 Å². The zero-order chi connectivity index (χ0) is 16.8. The van der Waals surface area contributed by atoms with Crippen molar-refractivity contribution in [3.05, 3.63) is 42.5 Å². The number of piperidine rings is 1. The SMILES string of the molecule is Nc1ccc(Sc2ccc(OCCC3CCCCN3)cc2)cc1N. The van der Waals surface area contributed by atoms with Crippen molar-refractivity contribution in [2.75, 3.05) is 24.6 Å². The van der Waals surface area contributed by atoms with Gasteiger partial charge >= 0.3 is 0 Å². The van der Waals surface area contributed by atoms with E-state index in [0.717, 1.165) is 35.1 Å². The number of hydrogen-bond acceptors (Lipinski definition) is 5. The molecule has 0 aliphatic carbocycles. The van der Waals surface area contributed by atoms with Crippen LogP contribution >= 0.6 is 11.8 Å². The summed E-state index contributed by atoms with van der Waals surface area (Å²) < 4.78 is 5.86. The minimum Gasteiger partial charge on any atom is -0.494 e. The molecule has 1 aliphatic rings. The summed E-state index contributed by atoms with van der Waals surface area (Å²) in [5, 5.41) is 3.55. The van der Waals surface area contributed by atoms with E-state index in [0.29, 0.717) is 17.4 Å². The van der Waals surface area contributed by atoms with Crippen molar-refractivity contribution >= 4 is 23.1 Å². The summed E-state index contributed by atoms with van der Waals surface area (Å²) >= 11 is 1.66. The molecular weight excluding hydrogens is 318 g/mol. The van der Waals surface area contributed by atoms with Gasteiger partial charge in [0, 0.05) is 15.8 Å². The molecule has 1 unspecified atom stereocenters. The van der Waals surface area contributed by atoms with Gasteiger partial charge in [-0.15, -0.1) is 0 Å². The summed E-state index contributed by atoms with van der Waals surface area (Å²) in [6.45, 7) is 1.91.